The van der Waals surface area contributed by atoms with Crippen molar-refractivity contribution in [1.29, 1.82) is 0 Å². The number of hydrogen-bond acceptors (Lipinski definition) is 4. The molecule has 0 bridgehead atoms. The quantitative estimate of drug-likeness (QED) is 0.729. The van der Waals surface area contributed by atoms with Crippen molar-refractivity contribution in [1.82, 2.24) is 10.3 Å². The van der Waals surface area contributed by atoms with Crippen molar-refractivity contribution in [2.75, 3.05) is 7.11 Å². The number of amides is 1. The van der Waals surface area contributed by atoms with Gasteiger partial charge in [-0.2, -0.15) is 8.78 Å². The molecule has 1 heterocycles. The fraction of sp³-hybridized carbons (Fsp3) is 0.158. The molecule has 3 rings (SSSR count). The minimum Gasteiger partial charge on any atom is -0.493 e. The molecule has 1 N–H and O–H groups in total. The van der Waals surface area contributed by atoms with E-state index in [2.05, 4.69) is 15.0 Å². The highest BCUT2D eigenvalue weighted by atomic mass is 19.3. The Morgan fingerprint density at radius 2 is 1.96 bits per heavy atom. The zero-order valence-electron chi connectivity index (χ0n) is 13.9. The van der Waals surface area contributed by atoms with Crippen LogP contribution in [0.5, 0.6) is 11.5 Å². The molecule has 5 nitrogen and oxygen atoms in total. The van der Waals surface area contributed by atoms with Crippen molar-refractivity contribution < 1.29 is 23.0 Å². The first-order chi connectivity index (χ1) is 12.6. The van der Waals surface area contributed by atoms with Gasteiger partial charge in [-0.15, -0.1) is 0 Å². The lowest BCUT2D eigenvalue weighted by atomic mass is 10.1. The van der Waals surface area contributed by atoms with Crippen LogP contribution in [0.4, 0.5) is 8.78 Å². The van der Waals surface area contributed by atoms with Gasteiger partial charge in [-0.1, -0.05) is 24.3 Å². The van der Waals surface area contributed by atoms with E-state index in [1.165, 1.54) is 13.2 Å². The number of fused-ring (bicyclic) bond motifs is 1. The van der Waals surface area contributed by atoms with Gasteiger partial charge in [0.05, 0.1) is 18.2 Å². The fourth-order valence-corrected chi connectivity index (χ4v) is 2.58. The molecule has 0 radical (unpaired) electrons. The second kappa shape index (κ2) is 7.77. The summed E-state index contributed by atoms with van der Waals surface area (Å²) >= 11 is 0. The van der Waals surface area contributed by atoms with Crippen molar-refractivity contribution in [3.05, 3.63) is 65.9 Å². The lowest BCUT2D eigenvalue weighted by Crippen LogP contribution is -2.23. The Bertz CT molecular complexity index is 926. The molecule has 26 heavy (non-hydrogen) atoms. The second-order valence-electron chi connectivity index (χ2n) is 5.43. The summed E-state index contributed by atoms with van der Waals surface area (Å²) in [7, 11) is 1.36. The van der Waals surface area contributed by atoms with E-state index in [4.69, 9.17) is 4.74 Å². The molecule has 134 valence electrons. The molecule has 0 saturated heterocycles. The predicted octanol–water partition coefficient (Wildman–Crippen LogP) is 3.77. The Hall–Kier alpha value is -3.22. The zero-order chi connectivity index (χ0) is 18.5. The number of ether oxygens (including phenoxy) is 2. The Kier molecular flexibility index (Phi) is 5.26. The van der Waals surface area contributed by atoms with Crippen LogP contribution < -0.4 is 14.8 Å². The van der Waals surface area contributed by atoms with Gasteiger partial charge >= 0.3 is 6.61 Å². The van der Waals surface area contributed by atoms with Crippen molar-refractivity contribution >= 4 is 16.8 Å². The number of carbonyl (C=O) groups is 1. The topological polar surface area (TPSA) is 60.5 Å². The van der Waals surface area contributed by atoms with E-state index in [0.717, 1.165) is 5.39 Å². The molecule has 0 aliphatic carbocycles. The summed E-state index contributed by atoms with van der Waals surface area (Å²) in [6.45, 7) is -2.73. The smallest absolute Gasteiger partial charge is 0.387 e. The van der Waals surface area contributed by atoms with Crippen LogP contribution in [0, 0.1) is 0 Å². The predicted molar refractivity (Wildman–Crippen MR) is 92.5 cm³/mol. The van der Waals surface area contributed by atoms with Crippen LogP contribution >= 0.6 is 0 Å². The highest BCUT2D eigenvalue weighted by Gasteiger charge is 2.13. The van der Waals surface area contributed by atoms with Crippen LogP contribution in [0.15, 0.2) is 54.7 Å². The molecule has 0 aliphatic rings. The van der Waals surface area contributed by atoms with Gasteiger partial charge in [0, 0.05) is 18.1 Å². The summed E-state index contributed by atoms with van der Waals surface area (Å²) in [4.78, 5) is 16.7. The summed E-state index contributed by atoms with van der Waals surface area (Å²) in [6, 6.07) is 13.6. The fourth-order valence-electron chi connectivity index (χ4n) is 2.58. The normalized spacial score (nSPS) is 10.8. The van der Waals surface area contributed by atoms with E-state index < -0.39 is 6.61 Å². The number of para-hydroxylation sites is 1. The van der Waals surface area contributed by atoms with Crippen LogP contribution in [-0.2, 0) is 6.54 Å². The van der Waals surface area contributed by atoms with Gasteiger partial charge < -0.3 is 14.8 Å². The minimum absolute atomic E-state index is 0.0594. The first-order valence-corrected chi connectivity index (χ1v) is 7.82. The van der Waals surface area contributed by atoms with Gasteiger partial charge in [-0.25, -0.2) is 0 Å². The van der Waals surface area contributed by atoms with Crippen LogP contribution in [0.3, 0.4) is 0 Å². The largest absolute Gasteiger partial charge is 0.493 e. The number of aromatic nitrogens is 1. The summed E-state index contributed by atoms with van der Waals surface area (Å²) in [5, 5.41) is 3.67. The van der Waals surface area contributed by atoms with Crippen LogP contribution in [-0.4, -0.2) is 24.6 Å². The first kappa shape index (κ1) is 17.6. The number of hydrogen-bond donors (Lipinski definition) is 1. The van der Waals surface area contributed by atoms with Gasteiger partial charge in [0.25, 0.3) is 5.91 Å². The lowest BCUT2D eigenvalue weighted by Gasteiger charge is -2.12. The third-order valence-corrected chi connectivity index (χ3v) is 3.77. The first-order valence-electron chi connectivity index (χ1n) is 7.82. The molecule has 2 aromatic carbocycles. The minimum atomic E-state index is -2.94. The number of nitrogens with zero attached hydrogens (tertiary/aromatic N) is 1. The van der Waals surface area contributed by atoms with Crippen molar-refractivity contribution in [3.63, 3.8) is 0 Å². The van der Waals surface area contributed by atoms with E-state index >= 15 is 0 Å². The third kappa shape index (κ3) is 3.88. The number of methoxy groups -OCH3 is 1. The number of halogens is 2. The second-order valence-corrected chi connectivity index (χ2v) is 5.43. The number of nitrogens with one attached hydrogen (secondary N) is 1. The van der Waals surface area contributed by atoms with E-state index in [0.29, 0.717) is 16.6 Å². The summed E-state index contributed by atoms with van der Waals surface area (Å²) in [6.07, 6.45) is 1.63. The van der Waals surface area contributed by atoms with Crippen LogP contribution in [0.1, 0.15) is 15.9 Å². The zero-order valence-corrected chi connectivity index (χ0v) is 13.9. The number of rotatable bonds is 6. The number of pyridine rings is 1. The Labute approximate surface area is 148 Å². The van der Waals surface area contributed by atoms with E-state index in [1.807, 2.05) is 12.1 Å². The number of benzene rings is 2. The van der Waals surface area contributed by atoms with Crippen molar-refractivity contribution in [3.8, 4) is 11.5 Å². The SMILES string of the molecule is COc1cc(CNC(=O)c2cccc3cccnc23)ccc1OC(F)F. The molecule has 7 heteroatoms. The molecule has 0 unspecified atom stereocenters. The summed E-state index contributed by atoms with van der Waals surface area (Å²) < 4.78 is 34.2. The van der Waals surface area contributed by atoms with Crippen molar-refractivity contribution in [2.24, 2.45) is 0 Å². The molecule has 1 amide bonds. The van der Waals surface area contributed by atoms with Crippen molar-refractivity contribution in [2.45, 2.75) is 13.2 Å². The molecule has 0 atom stereocenters. The van der Waals surface area contributed by atoms with Gasteiger partial charge in [0.2, 0.25) is 0 Å². The Balaban J connectivity index is 1.75. The van der Waals surface area contributed by atoms with Gasteiger partial charge in [-0.3, -0.25) is 9.78 Å². The lowest BCUT2D eigenvalue weighted by molar-refractivity contribution is -0.0512. The maximum atomic E-state index is 12.5. The monoisotopic (exact) mass is 358 g/mol. The van der Waals surface area contributed by atoms with E-state index in [9.17, 15) is 13.6 Å². The van der Waals surface area contributed by atoms with Gasteiger partial charge in [-0.05, 0) is 29.8 Å². The molecule has 1 aromatic heterocycles. The summed E-state index contributed by atoms with van der Waals surface area (Å²) in [5.74, 6) is -0.166. The number of alkyl halides is 2. The highest BCUT2D eigenvalue weighted by Crippen LogP contribution is 2.29. The molecule has 0 spiro atoms. The third-order valence-electron chi connectivity index (χ3n) is 3.77. The van der Waals surface area contributed by atoms with Gasteiger partial charge in [0.1, 0.15) is 0 Å². The number of carbonyl (C=O) groups excluding carboxylic acids is 1. The average molecular weight is 358 g/mol. The molecule has 0 aliphatic heterocycles. The maximum Gasteiger partial charge on any atom is 0.387 e. The molecule has 0 fully saturated rings. The maximum absolute atomic E-state index is 12.5. The van der Waals surface area contributed by atoms with Crippen LogP contribution in [0.2, 0.25) is 0 Å². The van der Waals surface area contributed by atoms with E-state index in [-0.39, 0.29) is 24.0 Å². The molecule has 0 saturated carbocycles. The molecular formula is C19H16F2N2O3. The van der Waals surface area contributed by atoms with Gasteiger partial charge in [0.15, 0.2) is 11.5 Å². The Morgan fingerprint density at radius 3 is 2.73 bits per heavy atom. The molecular weight excluding hydrogens is 342 g/mol. The summed E-state index contributed by atoms with van der Waals surface area (Å²) in [5.41, 5.74) is 1.77. The molecule has 3 aromatic rings. The average Bonchev–Trinajstić information content (AvgIpc) is 2.66. The highest BCUT2D eigenvalue weighted by molar-refractivity contribution is 6.05. The van der Waals surface area contributed by atoms with Crippen LogP contribution in [0.25, 0.3) is 10.9 Å². The standard InChI is InChI=1S/C19H16F2N2O3/c1-25-16-10-12(7-8-15(16)26-19(20)21)11-23-18(24)14-6-2-4-13-5-3-9-22-17(13)14/h2-10,19H,11H2,1H3,(H,23,24). The Morgan fingerprint density at radius 1 is 1.15 bits per heavy atom. The van der Waals surface area contributed by atoms with E-state index in [1.54, 1.807) is 36.5 Å².